The number of esters is 1. The quantitative estimate of drug-likeness (QED) is 0.566. The van der Waals surface area contributed by atoms with Gasteiger partial charge in [-0.1, -0.05) is 0 Å². The van der Waals surface area contributed by atoms with E-state index in [9.17, 15) is 14.4 Å². The first-order valence-corrected chi connectivity index (χ1v) is 5.62. The molecule has 0 radical (unpaired) electrons. The lowest BCUT2D eigenvalue weighted by atomic mass is 10.3. The van der Waals surface area contributed by atoms with E-state index in [2.05, 4.69) is 4.74 Å². The number of imide groups is 1. The van der Waals surface area contributed by atoms with Crippen molar-refractivity contribution < 1.29 is 23.9 Å². The summed E-state index contributed by atoms with van der Waals surface area (Å²) in [6.07, 6.45) is 0. The highest BCUT2D eigenvalue weighted by Gasteiger charge is 2.32. The zero-order valence-electron chi connectivity index (χ0n) is 8.97. The SMILES string of the molecule is COC(=O)c1sccc1N1C(=O)COCC1=O. The van der Waals surface area contributed by atoms with Crippen molar-refractivity contribution in [1.82, 2.24) is 0 Å². The fraction of sp³-hybridized carbons (Fsp3) is 0.300. The molecule has 0 aliphatic carbocycles. The van der Waals surface area contributed by atoms with Crippen LogP contribution in [0.25, 0.3) is 0 Å². The highest BCUT2D eigenvalue weighted by molar-refractivity contribution is 7.12. The molecule has 0 unspecified atom stereocenters. The van der Waals surface area contributed by atoms with Crippen molar-refractivity contribution in [2.24, 2.45) is 0 Å². The van der Waals surface area contributed by atoms with Crippen LogP contribution in [0.4, 0.5) is 5.69 Å². The number of ether oxygens (including phenoxy) is 2. The van der Waals surface area contributed by atoms with Gasteiger partial charge in [0.2, 0.25) is 0 Å². The number of thiophene rings is 1. The smallest absolute Gasteiger partial charge is 0.350 e. The van der Waals surface area contributed by atoms with Crippen molar-refractivity contribution >= 4 is 34.8 Å². The van der Waals surface area contributed by atoms with Gasteiger partial charge in [0.15, 0.2) is 0 Å². The van der Waals surface area contributed by atoms with Crippen LogP contribution in [0.1, 0.15) is 9.67 Å². The molecule has 1 fully saturated rings. The van der Waals surface area contributed by atoms with Gasteiger partial charge < -0.3 is 9.47 Å². The van der Waals surface area contributed by atoms with Crippen LogP contribution in [0.15, 0.2) is 11.4 Å². The molecule has 6 nitrogen and oxygen atoms in total. The Morgan fingerprint density at radius 2 is 2.06 bits per heavy atom. The van der Waals surface area contributed by atoms with Crippen LogP contribution in [-0.4, -0.2) is 38.1 Å². The molecule has 0 aromatic carbocycles. The molecule has 1 aliphatic rings. The Morgan fingerprint density at radius 1 is 1.41 bits per heavy atom. The van der Waals surface area contributed by atoms with Crippen LogP contribution in [0.2, 0.25) is 0 Å². The van der Waals surface area contributed by atoms with Gasteiger partial charge >= 0.3 is 5.97 Å². The lowest BCUT2D eigenvalue weighted by molar-refractivity contribution is -0.138. The molecule has 0 atom stereocenters. The highest BCUT2D eigenvalue weighted by atomic mass is 32.1. The monoisotopic (exact) mass is 255 g/mol. The molecule has 2 heterocycles. The number of hydrogen-bond acceptors (Lipinski definition) is 6. The van der Waals surface area contributed by atoms with E-state index in [-0.39, 0.29) is 23.8 Å². The van der Waals surface area contributed by atoms with Crippen molar-refractivity contribution in [3.8, 4) is 0 Å². The van der Waals surface area contributed by atoms with Gasteiger partial charge in [-0.25, -0.2) is 9.69 Å². The largest absolute Gasteiger partial charge is 0.465 e. The molecular formula is C10H9NO5S. The zero-order chi connectivity index (χ0) is 12.4. The van der Waals surface area contributed by atoms with Crippen LogP contribution in [0, 0.1) is 0 Å². The number of carbonyl (C=O) groups excluding carboxylic acids is 3. The van der Waals surface area contributed by atoms with Gasteiger partial charge in [0.25, 0.3) is 11.8 Å². The first kappa shape index (κ1) is 11.7. The third kappa shape index (κ3) is 2.06. The number of methoxy groups -OCH3 is 1. The van der Waals surface area contributed by atoms with E-state index in [1.165, 1.54) is 13.2 Å². The summed E-state index contributed by atoms with van der Waals surface area (Å²) in [5.41, 5.74) is 0.264. The van der Waals surface area contributed by atoms with Crippen molar-refractivity contribution in [2.45, 2.75) is 0 Å². The van der Waals surface area contributed by atoms with Gasteiger partial charge in [-0.2, -0.15) is 0 Å². The molecule has 1 aliphatic heterocycles. The van der Waals surface area contributed by atoms with E-state index in [0.717, 1.165) is 16.2 Å². The third-order valence-corrected chi connectivity index (χ3v) is 3.09. The minimum Gasteiger partial charge on any atom is -0.465 e. The molecular weight excluding hydrogens is 246 g/mol. The first-order valence-electron chi connectivity index (χ1n) is 4.74. The van der Waals surface area contributed by atoms with Gasteiger partial charge in [0.1, 0.15) is 18.1 Å². The maximum atomic E-state index is 11.6. The number of nitrogens with zero attached hydrogens (tertiary/aromatic N) is 1. The van der Waals surface area contributed by atoms with E-state index >= 15 is 0 Å². The summed E-state index contributed by atoms with van der Waals surface area (Å²) >= 11 is 1.12. The number of carbonyl (C=O) groups is 3. The fourth-order valence-electron chi connectivity index (χ4n) is 1.49. The summed E-state index contributed by atoms with van der Waals surface area (Å²) in [6, 6.07) is 1.54. The Hall–Kier alpha value is -1.73. The van der Waals surface area contributed by atoms with Crippen molar-refractivity contribution in [2.75, 3.05) is 25.2 Å². The predicted octanol–water partition coefficient (Wildman–Crippen LogP) is 0.425. The Balaban J connectivity index is 2.39. The molecule has 0 N–H and O–H groups in total. The minimum absolute atomic E-state index is 0.164. The van der Waals surface area contributed by atoms with Crippen LogP contribution < -0.4 is 4.90 Å². The lowest BCUT2D eigenvalue weighted by Gasteiger charge is -2.24. The molecule has 0 spiro atoms. The molecule has 17 heavy (non-hydrogen) atoms. The second-order valence-electron chi connectivity index (χ2n) is 3.24. The van der Waals surface area contributed by atoms with E-state index in [0.29, 0.717) is 0 Å². The number of rotatable bonds is 2. The maximum Gasteiger partial charge on any atom is 0.350 e. The summed E-state index contributed by atoms with van der Waals surface area (Å²) < 4.78 is 9.38. The Morgan fingerprint density at radius 3 is 2.65 bits per heavy atom. The van der Waals surface area contributed by atoms with Crippen molar-refractivity contribution in [1.29, 1.82) is 0 Å². The first-order chi connectivity index (χ1) is 8.15. The van der Waals surface area contributed by atoms with Crippen molar-refractivity contribution in [3.05, 3.63) is 16.3 Å². The third-order valence-electron chi connectivity index (χ3n) is 2.21. The van der Waals surface area contributed by atoms with Gasteiger partial charge in [-0.15, -0.1) is 11.3 Å². The van der Waals surface area contributed by atoms with E-state index < -0.39 is 17.8 Å². The molecule has 1 aromatic heterocycles. The van der Waals surface area contributed by atoms with Gasteiger partial charge in [-0.05, 0) is 11.4 Å². The topological polar surface area (TPSA) is 72.9 Å². The van der Waals surface area contributed by atoms with Gasteiger partial charge in [0.05, 0.1) is 12.8 Å². The number of anilines is 1. The van der Waals surface area contributed by atoms with E-state index in [1.54, 1.807) is 5.38 Å². The Kier molecular flexibility index (Phi) is 3.21. The summed E-state index contributed by atoms with van der Waals surface area (Å²) in [7, 11) is 1.24. The van der Waals surface area contributed by atoms with Gasteiger partial charge in [0, 0.05) is 0 Å². The molecule has 0 saturated carbocycles. The lowest BCUT2D eigenvalue weighted by Crippen LogP contribution is -2.46. The molecule has 90 valence electrons. The normalized spacial score (nSPS) is 16.2. The minimum atomic E-state index is -0.568. The molecule has 2 amide bonds. The number of hydrogen-bond donors (Lipinski definition) is 0. The molecule has 0 bridgehead atoms. The van der Waals surface area contributed by atoms with Crippen LogP contribution in [0.5, 0.6) is 0 Å². The average molecular weight is 255 g/mol. The van der Waals surface area contributed by atoms with E-state index in [4.69, 9.17) is 4.74 Å². The molecule has 1 saturated heterocycles. The highest BCUT2D eigenvalue weighted by Crippen LogP contribution is 2.28. The number of morpholine rings is 1. The molecule has 2 rings (SSSR count). The van der Waals surface area contributed by atoms with Gasteiger partial charge in [-0.3, -0.25) is 9.59 Å². The van der Waals surface area contributed by atoms with Crippen LogP contribution >= 0.6 is 11.3 Å². The van der Waals surface area contributed by atoms with E-state index in [1.807, 2.05) is 0 Å². The second kappa shape index (κ2) is 4.64. The zero-order valence-corrected chi connectivity index (χ0v) is 9.78. The summed E-state index contributed by atoms with van der Waals surface area (Å²) in [6.45, 7) is -0.329. The predicted molar refractivity (Wildman–Crippen MR) is 59.0 cm³/mol. The average Bonchev–Trinajstić information content (AvgIpc) is 2.77. The second-order valence-corrected chi connectivity index (χ2v) is 4.16. The van der Waals surface area contributed by atoms with Crippen LogP contribution in [0.3, 0.4) is 0 Å². The molecule has 7 heteroatoms. The van der Waals surface area contributed by atoms with Crippen LogP contribution in [-0.2, 0) is 19.1 Å². The Bertz CT molecular complexity index is 465. The summed E-state index contributed by atoms with van der Waals surface area (Å²) in [5.74, 6) is -1.53. The number of amides is 2. The maximum absolute atomic E-state index is 11.6. The fourth-order valence-corrected chi connectivity index (χ4v) is 2.28. The standard InChI is InChI=1S/C10H9NO5S/c1-15-10(14)9-6(2-3-17-9)11-7(12)4-16-5-8(11)13/h2-3H,4-5H2,1H3. The van der Waals surface area contributed by atoms with Crippen molar-refractivity contribution in [3.63, 3.8) is 0 Å². The summed E-state index contributed by atoms with van der Waals surface area (Å²) in [5, 5.41) is 1.62. The summed E-state index contributed by atoms with van der Waals surface area (Å²) in [4.78, 5) is 35.9. The molecule has 1 aromatic rings. The Labute approximate surface area is 101 Å².